The van der Waals surface area contributed by atoms with Crippen molar-refractivity contribution < 1.29 is 9.90 Å². The molecule has 146 valence electrons. The van der Waals surface area contributed by atoms with Crippen LogP contribution in [0.3, 0.4) is 0 Å². The third-order valence-electron chi connectivity index (χ3n) is 5.11. The summed E-state index contributed by atoms with van der Waals surface area (Å²) in [6.45, 7) is 1.60. The van der Waals surface area contributed by atoms with Crippen LogP contribution in [-0.2, 0) is 24.3 Å². The maximum atomic E-state index is 10.7. The quantitative estimate of drug-likeness (QED) is 0.432. The lowest BCUT2D eigenvalue weighted by atomic mass is 10.1. The van der Waals surface area contributed by atoms with Gasteiger partial charge in [-0.15, -0.1) is 0 Å². The van der Waals surface area contributed by atoms with Gasteiger partial charge in [0.2, 0.25) is 0 Å². The molecule has 2 N–H and O–H groups in total. The molecule has 0 saturated carbocycles. The Bertz CT molecular complexity index is 1100. The molecule has 0 fully saturated rings. The molecule has 0 radical (unpaired) electrons. The van der Waals surface area contributed by atoms with Crippen molar-refractivity contribution in [2.45, 2.75) is 25.9 Å². The number of nitrogens with one attached hydrogen (secondary N) is 1. The first kappa shape index (κ1) is 18.8. The highest BCUT2D eigenvalue weighted by Crippen LogP contribution is 2.20. The topological polar surface area (TPSA) is 54.3 Å². The summed E-state index contributed by atoms with van der Waals surface area (Å²) in [5, 5.41) is 13.5. The van der Waals surface area contributed by atoms with Gasteiger partial charge in [0, 0.05) is 36.9 Å². The van der Waals surface area contributed by atoms with E-state index < -0.39 is 5.97 Å². The third-order valence-corrected chi connectivity index (χ3v) is 5.11. The molecule has 0 saturated heterocycles. The van der Waals surface area contributed by atoms with Crippen molar-refractivity contribution in [3.8, 4) is 0 Å². The van der Waals surface area contributed by atoms with Crippen LogP contribution in [0.15, 0.2) is 85.1 Å². The minimum atomic E-state index is -0.764. The Morgan fingerprint density at radius 1 is 0.862 bits per heavy atom. The molecule has 3 aromatic carbocycles. The normalized spacial score (nSPS) is 10.9. The van der Waals surface area contributed by atoms with Gasteiger partial charge in [-0.25, -0.2) is 0 Å². The molecule has 0 aliphatic heterocycles. The second-order valence-corrected chi connectivity index (χ2v) is 7.27. The monoisotopic (exact) mass is 384 g/mol. The van der Waals surface area contributed by atoms with Gasteiger partial charge in [0.05, 0.1) is 0 Å². The van der Waals surface area contributed by atoms with Gasteiger partial charge in [-0.3, -0.25) is 4.79 Å². The van der Waals surface area contributed by atoms with Gasteiger partial charge < -0.3 is 15.0 Å². The van der Waals surface area contributed by atoms with Crippen LogP contribution in [0.4, 0.5) is 5.69 Å². The number of anilines is 1. The molecule has 1 aromatic heterocycles. The molecular formula is C25H24N2O2. The number of benzene rings is 3. The predicted octanol–water partition coefficient (Wildman–Crippen LogP) is 5.32. The van der Waals surface area contributed by atoms with E-state index in [1.54, 1.807) is 0 Å². The largest absolute Gasteiger partial charge is 0.481 e. The molecule has 29 heavy (non-hydrogen) atoms. The van der Waals surface area contributed by atoms with Crippen molar-refractivity contribution >= 4 is 22.6 Å². The maximum Gasteiger partial charge on any atom is 0.303 e. The second kappa shape index (κ2) is 8.65. The van der Waals surface area contributed by atoms with Gasteiger partial charge >= 0.3 is 5.97 Å². The Hall–Kier alpha value is -3.53. The number of aromatic nitrogens is 1. The number of carbonyl (C=O) groups is 1. The van der Waals surface area contributed by atoms with Gasteiger partial charge in [-0.2, -0.15) is 0 Å². The molecular weight excluding hydrogens is 360 g/mol. The summed E-state index contributed by atoms with van der Waals surface area (Å²) >= 11 is 0. The second-order valence-electron chi connectivity index (χ2n) is 7.27. The number of carboxylic acid groups (broad SMARTS) is 1. The molecule has 1 heterocycles. The van der Waals surface area contributed by atoms with Crippen LogP contribution >= 0.6 is 0 Å². The summed E-state index contributed by atoms with van der Waals surface area (Å²) in [6, 6.07) is 27.2. The molecule has 0 aliphatic carbocycles. The Balaban J connectivity index is 1.43. The van der Waals surface area contributed by atoms with E-state index in [0.717, 1.165) is 24.3 Å². The lowest BCUT2D eigenvalue weighted by Crippen LogP contribution is -2.01. The lowest BCUT2D eigenvalue weighted by molar-refractivity contribution is -0.136. The number of aryl methyl sites for hydroxylation is 1. The van der Waals surface area contributed by atoms with Crippen LogP contribution in [0, 0.1) is 0 Å². The summed E-state index contributed by atoms with van der Waals surface area (Å²) in [7, 11) is 0. The molecule has 0 spiro atoms. The van der Waals surface area contributed by atoms with E-state index in [1.165, 1.54) is 22.0 Å². The molecule has 0 unspecified atom stereocenters. The van der Waals surface area contributed by atoms with Crippen LogP contribution in [0.2, 0.25) is 0 Å². The summed E-state index contributed by atoms with van der Waals surface area (Å²) in [5.41, 5.74) is 5.82. The zero-order valence-corrected chi connectivity index (χ0v) is 16.2. The molecule has 4 nitrogen and oxygen atoms in total. The van der Waals surface area contributed by atoms with Crippen LogP contribution in [0.1, 0.15) is 23.1 Å². The van der Waals surface area contributed by atoms with Gasteiger partial charge in [0.15, 0.2) is 0 Å². The van der Waals surface area contributed by atoms with Crippen molar-refractivity contribution in [2.24, 2.45) is 0 Å². The van der Waals surface area contributed by atoms with E-state index in [1.807, 2.05) is 30.3 Å². The highest BCUT2D eigenvalue weighted by Gasteiger charge is 2.04. The number of hydrogen-bond acceptors (Lipinski definition) is 2. The zero-order chi connectivity index (χ0) is 20.1. The summed E-state index contributed by atoms with van der Waals surface area (Å²) in [4.78, 5) is 10.7. The van der Waals surface area contributed by atoms with E-state index in [-0.39, 0.29) is 6.42 Å². The molecule has 4 aromatic rings. The minimum absolute atomic E-state index is 0.162. The van der Waals surface area contributed by atoms with Gasteiger partial charge in [0.25, 0.3) is 0 Å². The highest BCUT2D eigenvalue weighted by molar-refractivity contribution is 5.81. The highest BCUT2D eigenvalue weighted by atomic mass is 16.4. The van der Waals surface area contributed by atoms with Gasteiger partial charge in [-0.1, -0.05) is 54.6 Å². The van der Waals surface area contributed by atoms with Crippen molar-refractivity contribution in [3.63, 3.8) is 0 Å². The van der Waals surface area contributed by atoms with E-state index in [4.69, 9.17) is 5.11 Å². The van der Waals surface area contributed by atoms with Crippen LogP contribution < -0.4 is 5.32 Å². The van der Waals surface area contributed by atoms with E-state index >= 15 is 0 Å². The Morgan fingerprint density at radius 3 is 2.38 bits per heavy atom. The SMILES string of the molecule is O=C(O)CCc1ccc(NCc2ccc3ccn(Cc4ccccc4)c3c2)cc1. The number of rotatable bonds is 8. The average molecular weight is 384 g/mol. The van der Waals surface area contributed by atoms with Crippen molar-refractivity contribution in [2.75, 3.05) is 5.32 Å². The average Bonchev–Trinajstić information content (AvgIpc) is 3.14. The number of nitrogens with zero attached hydrogens (tertiary/aromatic N) is 1. The Morgan fingerprint density at radius 2 is 1.62 bits per heavy atom. The van der Waals surface area contributed by atoms with Gasteiger partial charge in [-0.05, 0) is 52.8 Å². The first-order valence-corrected chi connectivity index (χ1v) is 9.84. The summed E-state index contributed by atoms with van der Waals surface area (Å²) < 4.78 is 2.28. The standard InChI is InChI=1S/C25H24N2O2/c28-25(29)13-9-19-7-11-23(12-8-19)26-17-21-6-10-22-14-15-27(24(22)16-21)18-20-4-2-1-3-5-20/h1-8,10-12,14-16,26H,9,13,17-18H2,(H,28,29). The predicted molar refractivity (Wildman–Crippen MR) is 117 cm³/mol. The molecule has 0 atom stereocenters. The minimum Gasteiger partial charge on any atom is -0.481 e. The van der Waals surface area contributed by atoms with E-state index in [2.05, 4.69) is 64.6 Å². The lowest BCUT2D eigenvalue weighted by Gasteiger charge is -2.10. The molecule has 0 amide bonds. The van der Waals surface area contributed by atoms with Crippen LogP contribution in [0.5, 0.6) is 0 Å². The molecule has 4 heteroatoms. The van der Waals surface area contributed by atoms with Crippen LogP contribution in [0.25, 0.3) is 10.9 Å². The van der Waals surface area contributed by atoms with E-state index in [0.29, 0.717) is 6.42 Å². The number of hydrogen-bond donors (Lipinski definition) is 2. The van der Waals surface area contributed by atoms with Crippen molar-refractivity contribution in [1.29, 1.82) is 0 Å². The zero-order valence-electron chi connectivity index (χ0n) is 16.2. The first-order valence-electron chi connectivity index (χ1n) is 9.84. The third kappa shape index (κ3) is 4.85. The Kier molecular flexibility index (Phi) is 5.61. The molecule has 4 rings (SSSR count). The summed E-state index contributed by atoms with van der Waals surface area (Å²) in [6.07, 6.45) is 2.87. The fourth-order valence-electron chi connectivity index (χ4n) is 3.50. The number of aliphatic carboxylic acids is 1. The van der Waals surface area contributed by atoms with Gasteiger partial charge in [0.1, 0.15) is 0 Å². The van der Waals surface area contributed by atoms with E-state index in [9.17, 15) is 4.79 Å². The Labute approximate surface area is 170 Å². The smallest absolute Gasteiger partial charge is 0.303 e. The van der Waals surface area contributed by atoms with Crippen LogP contribution in [-0.4, -0.2) is 15.6 Å². The molecule has 0 bridgehead atoms. The van der Waals surface area contributed by atoms with Crippen molar-refractivity contribution in [3.05, 3.63) is 102 Å². The first-order chi connectivity index (χ1) is 14.2. The molecule has 0 aliphatic rings. The van der Waals surface area contributed by atoms with Crippen molar-refractivity contribution in [1.82, 2.24) is 4.57 Å². The fraction of sp³-hybridized carbons (Fsp3) is 0.160. The maximum absolute atomic E-state index is 10.7. The number of carboxylic acids is 1. The summed E-state index contributed by atoms with van der Waals surface area (Å²) in [5.74, 6) is -0.764. The number of fused-ring (bicyclic) bond motifs is 1. The fourth-order valence-corrected chi connectivity index (χ4v) is 3.50.